The molecule has 0 radical (unpaired) electrons. The van der Waals surface area contributed by atoms with E-state index in [1.807, 2.05) is 0 Å². The molecule has 22 nitrogen and oxygen atoms in total. The standard InChI is InChI=1S/2C5H4N2O3.2NO3.Ni.4H2O/c2*8-6-3-1-5(2-4-6)7(9)10;2*2-1(3)4;;;;;/h2*1-4H;;;;4*1H2/q;;2*-1;+2;;;;/p+4. The van der Waals surface area contributed by atoms with E-state index in [4.69, 9.17) is 30.6 Å². The van der Waals surface area contributed by atoms with Crippen molar-refractivity contribution in [2.24, 2.45) is 0 Å². The number of hydrogen-bond donors (Lipinski definition) is 0. The molecular weight excluding hydrogens is 519 g/mol. The molecule has 33 heavy (non-hydrogen) atoms. The summed E-state index contributed by atoms with van der Waals surface area (Å²) < 4.78 is 0.986. The van der Waals surface area contributed by atoms with Crippen LogP contribution in [-0.2, 0) is 38.4 Å². The molecule has 0 aliphatic heterocycles. The van der Waals surface area contributed by atoms with Crippen molar-refractivity contribution in [3.05, 3.63) is 110 Å². The van der Waals surface area contributed by atoms with E-state index in [9.17, 15) is 30.6 Å². The molecule has 2 aromatic heterocycles. The SMILES string of the molecule is O=[N+]([O-])[O-].O=[N+]([O-])[O-].O=[N+]([O-])c1cc[n+]([O-])cc1.O=[N+]([O-])c1cc[n+]([O-])cc1.[Ni+2].[OH3+].[OH3+].[OH3+].[OH3+]. The average molecular weight is 539 g/mol. The number of pyridine rings is 2. The van der Waals surface area contributed by atoms with Crippen molar-refractivity contribution < 1.29 is 67.9 Å². The van der Waals surface area contributed by atoms with Crippen LogP contribution in [0.3, 0.4) is 0 Å². The Morgan fingerprint density at radius 2 is 0.667 bits per heavy atom. The van der Waals surface area contributed by atoms with E-state index in [2.05, 4.69) is 0 Å². The molecule has 0 atom stereocenters. The van der Waals surface area contributed by atoms with Crippen molar-refractivity contribution in [3.63, 3.8) is 0 Å². The fraction of sp³-hybridized carbons (Fsp3) is 0. The molecule has 0 unspecified atom stereocenters. The van der Waals surface area contributed by atoms with Gasteiger partial charge < -0.3 is 63.0 Å². The van der Waals surface area contributed by atoms with Crippen LogP contribution in [0.1, 0.15) is 0 Å². The first-order valence-electron chi connectivity index (χ1n) is 6.16. The summed E-state index contributed by atoms with van der Waals surface area (Å²) in [7, 11) is 0. The largest absolute Gasteiger partial charge is 2.00 e. The first-order chi connectivity index (χ1) is 12.9. The summed E-state index contributed by atoms with van der Waals surface area (Å²) in [5, 5.41) is 70.2. The van der Waals surface area contributed by atoms with Crippen molar-refractivity contribution in [2.45, 2.75) is 0 Å². The number of rotatable bonds is 2. The van der Waals surface area contributed by atoms with Crippen LogP contribution in [0.5, 0.6) is 0 Å². The fourth-order valence-electron chi connectivity index (χ4n) is 1.05. The first kappa shape index (κ1) is 46.6. The molecule has 2 aromatic rings. The second-order valence-corrected chi connectivity index (χ2v) is 3.79. The Morgan fingerprint density at radius 3 is 0.788 bits per heavy atom. The summed E-state index contributed by atoms with van der Waals surface area (Å²) in [6.07, 6.45) is 4.33. The van der Waals surface area contributed by atoms with Crippen LogP contribution < -0.4 is 9.46 Å². The van der Waals surface area contributed by atoms with Gasteiger partial charge in [-0.2, -0.15) is 9.46 Å². The molecule has 0 aromatic carbocycles. The summed E-state index contributed by atoms with van der Waals surface area (Å²) in [6, 6.07) is 4.58. The molecule has 0 bridgehead atoms. The van der Waals surface area contributed by atoms with Crippen molar-refractivity contribution in [2.75, 3.05) is 0 Å². The van der Waals surface area contributed by atoms with Crippen LogP contribution in [0, 0.1) is 61.3 Å². The molecule has 0 amide bonds. The van der Waals surface area contributed by atoms with E-state index in [0.29, 0.717) is 9.46 Å². The van der Waals surface area contributed by atoms with E-state index in [-0.39, 0.29) is 49.8 Å². The molecule has 2 rings (SSSR count). The van der Waals surface area contributed by atoms with E-state index in [1.165, 1.54) is 0 Å². The van der Waals surface area contributed by atoms with Crippen LogP contribution >= 0.6 is 0 Å². The van der Waals surface area contributed by atoms with Crippen molar-refractivity contribution in [1.29, 1.82) is 0 Å². The van der Waals surface area contributed by atoms with Gasteiger partial charge in [-0.05, 0) is 0 Å². The number of hydrogen-bond acceptors (Lipinski definition) is 12. The number of aromatic nitrogens is 2. The maximum absolute atomic E-state index is 10.3. The molecule has 12 N–H and O–H groups in total. The van der Waals surface area contributed by atoms with Crippen LogP contribution in [0.4, 0.5) is 11.4 Å². The molecule has 0 aliphatic carbocycles. The van der Waals surface area contributed by atoms with Gasteiger partial charge in [-0.25, -0.2) is 0 Å². The normalized spacial score (nSPS) is 7.03. The Hall–Kier alpha value is -4.57. The molecule has 0 aliphatic rings. The topological polar surface area (TPSA) is 405 Å². The number of nitrogens with zero attached hydrogens (tertiary/aromatic N) is 6. The van der Waals surface area contributed by atoms with E-state index >= 15 is 0 Å². The van der Waals surface area contributed by atoms with Gasteiger partial charge in [0.1, 0.15) is 0 Å². The van der Waals surface area contributed by atoms with Gasteiger partial charge in [0.25, 0.3) is 11.4 Å². The minimum atomic E-state index is -1.75. The summed E-state index contributed by atoms with van der Waals surface area (Å²) in [6.45, 7) is 0. The van der Waals surface area contributed by atoms with Crippen molar-refractivity contribution in [3.8, 4) is 0 Å². The minimum Gasteiger partial charge on any atom is -0.619 e. The predicted molar refractivity (Wildman–Crippen MR) is 104 cm³/mol. The minimum absolute atomic E-state index is 0. The molecule has 0 spiro atoms. The third-order valence-electron chi connectivity index (χ3n) is 1.99. The van der Waals surface area contributed by atoms with E-state index in [1.54, 1.807) is 0 Å². The summed E-state index contributed by atoms with van der Waals surface area (Å²) >= 11 is 0. The molecule has 23 heteroatoms. The Bertz CT molecular complexity index is 716. The zero-order chi connectivity index (χ0) is 22.3. The summed E-state index contributed by atoms with van der Waals surface area (Å²) in [4.78, 5) is 35.4. The maximum Gasteiger partial charge on any atom is 2.00 e. The van der Waals surface area contributed by atoms with Gasteiger partial charge in [0.2, 0.25) is 0 Å². The van der Waals surface area contributed by atoms with Crippen molar-refractivity contribution >= 4 is 11.4 Å². The third kappa shape index (κ3) is 32.3. The van der Waals surface area contributed by atoms with Gasteiger partial charge in [0.15, 0.2) is 24.8 Å². The number of nitro groups is 2. The van der Waals surface area contributed by atoms with Crippen LogP contribution in [0.15, 0.2) is 49.1 Å². The molecule has 0 fully saturated rings. The maximum atomic E-state index is 10.3. The van der Waals surface area contributed by atoms with Crippen LogP contribution in [0.2, 0.25) is 0 Å². The van der Waals surface area contributed by atoms with Gasteiger partial charge in [0, 0.05) is 0 Å². The smallest absolute Gasteiger partial charge is 0.619 e. The predicted octanol–water partition coefficient (Wildman–Crippen LogP) is -3.71. The molecule has 0 saturated heterocycles. The molecule has 0 saturated carbocycles. The van der Waals surface area contributed by atoms with Gasteiger partial charge in [-0.1, -0.05) is 0 Å². The van der Waals surface area contributed by atoms with E-state index < -0.39 is 20.0 Å². The van der Waals surface area contributed by atoms with E-state index in [0.717, 1.165) is 49.1 Å². The Balaban J connectivity index is -0.0000000560. The molecule has 192 valence electrons. The quantitative estimate of drug-likeness (QED) is 0.0888. The Kier molecular flexibility index (Phi) is 36.0. The zero-order valence-electron chi connectivity index (χ0n) is 15.8. The Morgan fingerprint density at radius 1 is 0.515 bits per heavy atom. The monoisotopic (exact) mass is 538 g/mol. The third-order valence-corrected chi connectivity index (χ3v) is 1.99. The molecule has 2 heterocycles. The average Bonchev–Trinajstić information content (AvgIpc) is 2.55. The van der Waals surface area contributed by atoms with Gasteiger partial charge in [-0.15, -0.1) is 0 Å². The van der Waals surface area contributed by atoms with Crippen LogP contribution in [-0.4, -0.2) is 20.0 Å². The van der Waals surface area contributed by atoms with Crippen LogP contribution in [0.25, 0.3) is 0 Å². The molecular formula is C10H20N6NiO16+4. The van der Waals surface area contributed by atoms with Gasteiger partial charge in [-0.3, -0.25) is 20.2 Å². The Labute approximate surface area is 190 Å². The summed E-state index contributed by atoms with van der Waals surface area (Å²) in [5.74, 6) is 0. The first-order valence-corrected chi connectivity index (χ1v) is 6.16. The second kappa shape index (κ2) is 25.5. The second-order valence-electron chi connectivity index (χ2n) is 3.79. The van der Waals surface area contributed by atoms with Gasteiger partial charge >= 0.3 is 16.5 Å². The summed E-state index contributed by atoms with van der Waals surface area (Å²) in [5.41, 5.74) is -0.154. The van der Waals surface area contributed by atoms with Crippen molar-refractivity contribution in [1.82, 2.24) is 0 Å². The fourth-order valence-corrected chi connectivity index (χ4v) is 1.05. The van der Waals surface area contributed by atoms with Gasteiger partial charge in [0.05, 0.1) is 44.3 Å². The zero-order valence-corrected chi connectivity index (χ0v) is 16.8.